The predicted molar refractivity (Wildman–Crippen MR) is 107 cm³/mol. The van der Waals surface area contributed by atoms with Crippen molar-refractivity contribution in [2.75, 3.05) is 5.32 Å². The fourth-order valence-corrected chi connectivity index (χ4v) is 3.29. The number of pyridine rings is 1. The van der Waals surface area contributed by atoms with E-state index in [0.29, 0.717) is 0 Å². The summed E-state index contributed by atoms with van der Waals surface area (Å²) in [6, 6.07) is 22.6. The number of rotatable bonds is 4. The summed E-state index contributed by atoms with van der Waals surface area (Å²) in [5.41, 5.74) is 5.86. The van der Waals surface area contributed by atoms with E-state index < -0.39 is 0 Å². The molecule has 4 nitrogen and oxygen atoms in total. The molecule has 4 heteroatoms. The molecular formula is C23H19N3O. The van der Waals surface area contributed by atoms with E-state index in [4.69, 9.17) is 4.98 Å². The highest BCUT2D eigenvalue weighted by Gasteiger charge is 2.30. The van der Waals surface area contributed by atoms with E-state index in [1.807, 2.05) is 47.1 Å². The maximum atomic E-state index is 12.1. The molecule has 4 aromatic rings. The monoisotopic (exact) mass is 353 g/mol. The summed E-state index contributed by atoms with van der Waals surface area (Å²) >= 11 is 0. The van der Waals surface area contributed by atoms with Crippen LogP contribution in [-0.4, -0.2) is 15.3 Å². The van der Waals surface area contributed by atoms with Gasteiger partial charge in [0.25, 0.3) is 0 Å². The Labute approximate surface area is 157 Å². The molecule has 1 amide bonds. The first-order valence-electron chi connectivity index (χ1n) is 9.22. The summed E-state index contributed by atoms with van der Waals surface area (Å²) in [4.78, 5) is 16.9. The van der Waals surface area contributed by atoms with Crippen LogP contribution < -0.4 is 5.32 Å². The van der Waals surface area contributed by atoms with Gasteiger partial charge in [-0.2, -0.15) is 0 Å². The summed E-state index contributed by atoms with van der Waals surface area (Å²) in [7, 11) is 0. The van der Waals surface area contributed by atoms with Gasteiger partial charge in [0.1, 0.15) is 0 Å². The van der Waals surface area contributed by atoms with E-state index >= 15 is 0 Å². The summed E-state index contributed by atoms with van der Waals surface area (Å²) in [6.45, 7) is 0. The molecule has 2 heterocycles. The minimum absolute atomic E-state index is 0.0971. The van der Waals surface area contributed by atoms with Gasteiger partial charge in [0.2, 0.25) is 5.91 Å². The smallest absolute Gasteiger partial charge is 0.227 e. The maximum absolute atomic E-state index is 12.1. The molecule has 0 aliphatic heterocycles. The standard InChI is InChI=1S/C23H19N3O/c27-23(19-12-13-19)25-20-7-4-14-26-15-21(24-22(20)26)18-10-8-17(9-11-18)16-5-2-1-3-6-16/h1-11,14-15,19H,12-13H2,(H,25,27). The summed E-state index contributed by atoms with van der Waals surface area (Å²) in [6.07, 6.45) is 5.93. The molecule has 132 valence electrons. The van der Waals surface area contributed by atoms with Crippen LogP contribution in [0.4, 0.5) is 5.69 Å². The van der Waals surface area contributed by atoms with Gasteiger partial charge in [-0.15, -0.1) is 0 Å². The lowest BCUT2D eigenvalue weighted by Crippen LogP contribution is -2.14. The van der Waals surface area contributed by atoms with E-state index in [-0.39, 0.29) is 11.8 Å². The molecule has 0 unspecified atom stereocenters. The van der Waals surface area contributed by atoms with E-state index in [1.165, 1.54) is 11.1 Å². The van der Waals surface area contributed by atoms with Crippen molar-refractivity contribution in [2.45, 2.75) is 12.8 Å². The number of hydrogen-bond donors (Lipinski definition) is 1. The SMILES string of the molecule is O=C(Nc1cccn2cc(-c3ccc(-c4ccccc4)cc3)nc12)C1CC1. The normalized spacial score (nSPS) is 13.6. The summed E-state index contributed by atoms with van der Waals surface area (Å²) < 4.78 is 1.96. The summed E-state index contributed by atoms with van der Waals surface area (Å²) in [5.74, 6) is 0.269. The Morgan fingerprint density at radius 2 is 1.59 bits per heavy atom. The average Bonchev–Trinajstić information content (AvgIpc) is 3.48. The number of carbonyl (C=O) groups is 1. The van der Waals surface area contributed by atoms with Crippen LogP contribution in [0, 0.1) is 5.92 Å². The molecule has 2 aromatic carbocycles. The number of fused-ring (bicyclic) bond motifs is 1. The van der Waals surface area contributed by atoms with Gasteiger partial charge in [-0.05, 0) is 36.1 Å². The van der Waals surface area contributed by atoms with Crippen LogP contribution in [0.2, 0.25) is 0 Å². The third-order valence-electron chi connectivity index (χ3n) is 4.98. The zero-order valence-corrected chi connectivity index (χ0v) is 14.8. The van der Waals surface area contributed by atoms with Gasteiger partial charge in [-0.25, -0.2) is 4.98 Å². The molecule has 1 saturated carbocycles. The lowest BCUT2D eigenvalue weighted by molar-refractivity contribution is -0.117. The zero-order chi connectivity index (χ0) is 18.2. The number of nitrogens with one attached hydrogen (secondary N) is 1. The van der Waals surface area contributed by atoms with Crippen LogP contribution >= 0.6 is 0 Å². The number of carbonyl (C=O) groups excluding carboxylic acids is 1. The third-order valence-corrected chi connectivity index (χ3v) is 4.98. The Morgan fingerprint density at radius 1 is 0.889 bits per heavy atom. The Balaban J connectivity index is 1.47. The molecule has 0 bridgehead atoms. The number of benzene rings is 2. The van der Waals surface area contributed by atoms with E-state index in [9.17, 15) is 4.79 Å². The van der Waals surface area contributed by atoms with Gasteiger partial charge >= 0.3 is 0 Å². The minimum Gasteiger partial charge on any atom is -0.323 e. The first-order valence-corrected chi connectivity index (χ1v) is 9.22. The van der Waals surface area contributed by atoms with E-state index in [2.05, 4.69) is 41.7 Å². The highest BCUT2D eigenvalue weighted by Crippen LogP contribution is 2.31. The van der Waals surface area contributed by atoms with Crippen LogP contribution in [0.1, 0.15) is 12.8 Å². The topological polar surface area (TPSA) is 46.4 Å². The Morgan fingerprint density at radius 3 is 2.33 bits per heavy atom. The fourth-order valence-electron chi connectivity index (χ4n) is 3.29. The Kier molecular flexibility index (Phi) is 3.75. The highest BCUT2D eigenvalue weighted by atomic mass is 16.2. The van der Waals surface area contributed by atoms with Crippen LogP contribution in [0.5, 0.6) is 0 Å². The molecule has 0 saturated heterocycles. The van der Waals surface area contributed by atoms with Crippen LogP contribution in [-0.2, 0) is 4.79 Å². The quantitative estimate of drug-likeness (QED) is 0.560. The van der Waals surface area contributed by atoms with Gasteiger partial charge < -0.3 is 9.72 Å². The highest BCUT2D eigenvalue weighted by molar-refractivity contribution is 5.97. The average molecular weight is 353 g/mol. The summed E-state index contributed by atoms with van der Waals surface area (Å²) in [5, 5.41) is 3.02. The number of anilines is 1. The van der Waals surface area contributed by atoms with E-state index in [0.717, 1.165) is 35.4 Å². The first-order chi connectivity index (χ1) is 13.3. The van der Waals surface area contributed by atoms with Gasteiger partial charge in [0, 0.05) is 23.9 Å². The van der Waals surface area contributed by atoms with Gasteiger partial charge in [0.05, 0.1) is 11.4 Å². The zero-order valence-electron chi connectivity index (χ0n) is 14.8. The molecule has 1 fully saturated rings. The first kappa shape index (κ1) is 15.8. The lowest BCUT2D eigenvalue weighted by atomic mass is 10.0. The van der Waals surface area contributed by atoms with Crippen molar-refractivity contribution in [2.24, 2.45) is 5.92 Å². The molecule has 0 spiro atoms. The Bertz CT molecular complexity index is 1110. The second-order valence-corrected chi connectivity index (χ2v) is 6.99. The second kappa shape index (κ2) is 6.40. The fraction of sp³-hybridized carbons (Fsp3) is 0.130. The lowest BCUT2D eigenvalue weighted by Gasteiger charge is -2.05. The maximum Gasteiger partial charge on any atom is 0.227 e. The van der Waals surface area contributed by atoms with Crippen molar-refractivity contribution in [3.8, 4) is 22.4 Å². The van der Waals surface area contributed by atoms with Crippen LogP contribution in [0.15, 0.2) is 79.1 Å². The third kappa shape index (κ3) is 3.10. The molecule has 1 aliphatic rings. The van der Waals surface area contributed by atoms with Gasteiger partial charge in [-0.1, -0.05) is 54.6 Å². The number of aromatic nitrogens is 2. The molecule has 5 rings (SSSR count). The van der Waals surface area contributed by atoms with Crippen LogP contribution in [0.25, 0.3) is 28.0 Å². The molecular weight excluding hydrogens is 334 g/mol. The Hall–Kier alpha value is -3.40. The van der Waals surface area contributed by atoms with Crippen molar-refractivity contribution in [3.05, 3.63) is 79.1 Å². The molecule has 0 radical (unpaired) electrons. The van der Waals surface area contributed by atoms with Crippen molar-refractivity contribution in [1.82, 2.24) is 9.38 Å². The number of nitrogens with zero attached hydrogens (tertiary/aromatic N) is 2. The molecule has 27 heavy (non-hydrogen) atoms. The largest absolute Gasteiger partial charge is 0.323 e. The molecule has 0 atom stereocenters. The van der Waals surface area contributed by atoms with Crippen molar-refractivity contribution in [3.63, 3.8) is 0 Å². The number of imidazole rings is 1. The second-order valence-electron chi connectivity index (χ2n) is 6.99. The van der Waals surface area contributed by atoms with Crippen LogP contribution in [0.3, 0.4) is 0 Å². The minimum atomic E-state index is 0.0971. The number of amides is 1. The van der Waals surface area contributed by atoms with Gasteiger partial charge in [-0.3, -0.25) is 4.79 Å². The number of hydrogen-bond acceptors (Lipinski definition) is 2. The van der Waals surface area contributed by atoms with Crippen molar-refractivity contribution >= 4 is 17.2 Å². The van der Waals surface area contributed by atoms with E-state index in [1.54, 1.807) is 0 Å². The molecule has 1 N–H and O–H groups in total. The predicted octanol–water partition coefficient (Wildman–Crippen LogP) is 5.02. The molecule has 2 aromatic heterocycles. The van der Waals surface area contributed by atoms with Gasteiger partial charge in [0.15, 0.2) is 5.65 Å². The van der Waals surface area contributed by atoms with Crippen molar-refractivity contribution < 1.29 is 4.79 Å². The van der Waals surface area contributed by atoms with Crippen molar-refractivity contribution in [1.29, 1.82) is 0 Å². The molecule has 1 aliphatic carbocycles.